The summed E-state index contributed by atoms with van der Waals surface area (Å²) in [5.41, 5.74) is 8.20. The molecule has 0 unspecified atom stereocenters. The van der Waals surface area contributed by atoms with E-state index in [-0.39, 0.29) is 45.7 Å². The summed E-state index contributed by atoms with van der Waals surface area (Å²) in [6, 6.07) is 0. The molecule has 0 aromatic rings. The molecule has 0 aromatic heterocycles. The Hall–Kier alpha value is -1.92. The predicted molar refractivity (Wildman–Crippen MR) is 144 cm³/mol. The van der Waals surface area contributed by atoms with Gasteiger partial charge in [0.2, 0.25) is 0 Å². The van der Waals surface area contributed by atoms with Gasteiger partial charge in [0, 0.05) is 12.8 Å². The molecule has 0 saturated heterocycles. The van der Waals surface area contributed by atoms with Crippen molar-refractivity contribution >= 4 is 11.9 Å². The first-order valence-electron chi connectivity index (χ1n) is 14.1. The second-order valence-corrected chi connectivity index (χ2v) is 13.3. The number of aliphatic hydroxyl groups is 1. The van der Waals surface area contributed by atoms with Gasteiger partial charge < -0.3 is 20.7 Å². The number of nitrogens with two attached hydrogens (primary N) is 1. The van der Waals surface area contributed by atoms with Crippen LogP contribution in [0, 0.1) is 39.9 Å². The first-order chi connectivity index (χ1) is 17.3. The second-order valence-electron chi connectivity index (χ2n) is 13.3. The normalized spacial score (nSPS) is 44.4. The zero-order chi connectivity index (χ0) is 27.3. The van der Waals surface area contributed by atoms with Crippen LogP contribution in [-0.2, 0) is 14.3 Å². The lowest BCUT2D eigenvalue weighted by Gasteiger charge is -2.68. The Labute approximate surface area is 222 Å². The molecule has 0 heterocycles. The summed E-state index contributed by atoms with van der Waals surface area (Å²) in [5, 5.41) is 21.0. The van der Waals surface area contributed by atoms with Gasteiger partial charge in [0.15, 0.2) is 0 Å². The van der Waals surface area contributed by atoms with Crippen LogP contribution < -0.4 is 5.73 Å². The van der Waals surface area contributed by atoms with Crippen LogP contribution in [0.4, 0.5) is 0 Å². The molecule has 0 radical (unpaired) electrons. The number of ether oxygens (including phenoxy) is 1. The van der Waals surface area contributed by atoms with Gasteiger partial charge in [-0.2, -0.15) is 0 Å². The van der Waals surface area contributed by atoms with Gasteiger partial charge in [0.05, 0.1) is 11.7 Å². The van der Waals surface area contributed by atoms with Crippen molar-refractivity contribution in [3.8, 4) is 0 Å². The molecule has 4 fully saturated rings. The smallest absolute Gasteiger partial charge is 0.335 e. The van der Waals surface area contributed by atoms with Crippen molar-refractivity contribution in [3.63, 3.8) is 0 Å². The topological polar surface area (TPSA) is 110 Å². The molecule has 0 amide bonds. The van der Waals surface area contributed by atoms with E-state index in [1.807, 2.05) is 19.9 Å². The third-order valence-corrected chi connectivity index (χ3v) is 11.3. The van der Waals surface area contributed by atoms with Gasteiger partial charge in [0.1, 0.15) is 6.10 Å². The van der Waals surface area contributed by atoms with Crippen molar-refractivity contribution in [2.75, 3.05) is 6.54 Å². The van der Waals surface area contributed by atoms with Gasteiger partial charge in [-0.05, 0) is 111 Å². The molecular weight excluding hydrogens is 466 g/mol. The Morgan fingerprint density at radius 1 is 1.05 bits per heavy atom. The molecule has 4 N–H and O–H groups in total. The summed E-state index contributed by atoms with van der Waals surface area (Å²) in [4.78, 5) is 24.8. The Bertz CT molecular complexity index is 1020. The predicted octanol–water partition coefficient (Wildman–Crippen LogP) is 5.41. The highest BCUT2D eigenvalue weighted by Crippen LogP contribution is 2.74. The number of carboxylic acid groups (broad SMARTS) is 1. The number of hydrogen-bond donors (Lipinski definition) is 3. The molecule has 9 atom stereocenters. The largest absolute Gasteiger partial charge is 0.478 e. The highest BCUT2D eigenvalue weighted by Gasteiger charge is 2.68. The van der Waals surface area contributed by atoms with Crippen LogP contribution in [0.15, 0.2) is 34.9 Å². The average molecular weight is 514 g/mol. The fourth-order valence-electron chi connectivity index (χ4n) is 9.54. The molecule has 4 rings (SSSR count). The minimum atomic E-state index is -0.968. The number of allylic oxidation sites excluding steroid dienone is 3. The van der Waals surface area contributed by atoms with E-state index in [9.17, 15) is 19.8 Å². The first-order valence-corrected chi connectivity index (χ1v) is 14.1. The number of carbonyl (C=O) groups is 2. The van der Waals surface area contributed by atoms with E-state index in [4.69, 9.17) is 10.5 Å². The number of carbonyl (C=O) groups excluding carboxylic acids is 1. The summed E-state index contributed by atoms with van der Waals surface area (Å²) >= 11 is 0. The number of aliphatic hydroxyl groups excluding tert-OH is 1. The van der Waals surface area contributed by atoms with Crippen LogP contribution in [0.2, 0.25) is 0 Å². The van der Waals surface area contributed by atoms with Gasteiger partial charge in [-0.15, -0.1) is 0 Å². The Morgan fingerprint density at radius 2 is 1.76 bits per heavy atom. The standard InChI is InChI=1S/C31H47NO5/c1-18(2)8-7-9-20(28(35)36)27-23-10-11-26-29(4)14-13-24(34)21(17-32)22(29)12-15-30(26,5)31(23,6)16-25(27)37-19(3)33/h7-9,21-26,34H,10-17,32H2,1-6H3,(H,35,36)/b9-7-,27-20-/t21-,22-,23-,24+,25-,26-,29-,30-,31-/m0/s1. The maximum Gasteiger partial charge on any atom is 0.335 e. The fourth-order valence-corrected chi connectivity index (χ4v) is 9.54. The summed E-state index contributed by atoms with van der Waals surface area (Å²) < 4.78 is 5.89. The highest BCUT2D eigenvalue weighted by molar-refractivity contribution is 5.91. The first kappa shape index (κ1) is 28.1. The molecule has 206 valence electrons. The number of aliphatic carboxylic acids is 1. The summed E-state index contributed by atoms with van der Waals surface area (Å²) in [6.45, 7) is 13.1. The number of hydrogen-bond acceptors (Lipinski definition) is 5. The van der Waals surface area contributed by atoms with Crippen LogP contribution >= 0.6 is 0 Å². The van der Waals surface area contributed by atoms with Gasteiger partial charge in [-0.1, -0.05) is 38.5 Å². The molecule has 4 saturated carbocycles. The van der Waals surface area contributed by atoms with Crippen LogP contribution in [0.25, 0.3) is 0 Å². The maximum absolute atomic E-state index is 12.6. The van der Waals surface area contributed by atoms with E-state index in [1.165, 1.54) is 6.92 Å². The van der Waals surface area contributed by atoms with Crippen molar-refractivity contribution in [3.05, 3.63) is 34.9 Å². The van der Waals surface area contributed by atoms with Crippen LogP contribution in [0.1, 0.15) is 86.5 Å². The van der Waals surface area contributed by atoms with E-state index in [1.54, 1.807) is 12.2 Å². The number of carboxylic acids is 1. The highest BCUT2D eigenvalue weighted by atomic mass is 16.5. The van der Waals surface area contributed by atoms with Gasteiger partial charge >= 0.3 is 11.9 Å². The average Bonchev–Trinajstić information content (AvgIpc) is 3.08. The summed E-state index contributed by atoms with van der Waals surface area (Å²) in [6.07, 6.45) is 10.9. The van der Waals surface area contributed by atoms with E-state index < -0.39 is 12.1 Å². The minimum Gasteiger partial charge on any atom is -0.478 e. The van der Waals surface area contributed by atoms with E-state index >= 15 is 0 Å². The van der Waals surface area contributed by atoms with Crippen molar-refractivity contribution in [1.82, 2.24) is 0 Å². The quantitative estimate of drug-likeness (QED) is 0.258. The lowest BCUT2D eigenvalue weighted by Crippen LogP contribution is -2.62. The summed E-state index contributed by atoms with van der Waals surface area (Å²) in [7, 11) is 0. The third-order valence-electron chi connectivity index (χ3n) is 11.3. The zero-order valence-corrected chi connectivity index (χ0v) is 23.5. The van der Waals surface area contributed by atoms with Crippen LogP contribution in [0.3, 0.4) is 0 Å². The molecule has 37 heavy (non-hydrogen) atoms. The Balaban J connectivity index is 1.81. The number of esters is 1. The molecule has 0 spiro atoms. The SMILES string of the molecule is CC(=O)O[C@H]1C[C@@]2(C)[C@@H](CC[C@H]3[C@@]4(C)CC[C@@H](O)[C@@H](CN)[C@@H]4CC[C@@]32C)/C1=C(\C=C/C=C(C)C)C(=O)O. The van der Waals surface area contributed by atoms with E-state index in [0.717, 1.165) is 49.7 Å². The molecule has 0 bridgehead atoms. The van der Waals surface area contributed by atoms with Crippen LogP contribution in [-0.4, -0.2) is 40.9 Å². The molecule has 0 aromatic carbocycles. The molecular formula is C31H47NO5. The molecule has 4 aliphatic rings. The van der Waals surface area contributed by atoms with Gasteiger partial charge in [0.25, 0.3) is 0 Å². The Kier molecular flexibility index (Phi) is 7.59. The molecule has 0 aliphatic heterocycles. The zero-order valence-electron chi connectivity index (χ0n) is 23.5. The van der Waals surface area contributed by atoms with Crippen LogP contribution in [0.5, 0.6) is 0 Å². The van der Waals surface area contributed by atoms with Crippen molar-refractivity contribution in [1.29, 1.82) is 0 Å². The Morgan fingerprint density at radius 3 is 2.35 bits per heavy atom. The number of fused-ring (bicyclic) bond motifs is 5. The maximum atomic E-state index is 12.6. The molecule has 4 aliphatic carbocycles. The van der Waals surface area contributed by atoms with Crippen molar-refractivity contribution in [2.24, 2.45) is 45.7 Å². The number of rotatable bonds is 5. The second kappa shape index (κ2) is 10.00. The van der Waals surface area contributed by atoms with Gasteiger partial charge in [-0.3, -0.25) is 4.79 Å². The van der Waals surface area contributed by atoms with Gasteiger partial charge in [-0.25, -0.2) is 4.79 Å². The van der Waals surface area contributed by atoms with Crippen molar-refractivity contribution < 1.29 is 24.5 Å². The van der Waals surface area contributed by atoms with E-state index in [0.29, 0.717) is 24.8 Å². The minimum absolute atomic E-state index is 0.0318. The third kappa shape index (κ3) is 4.42. The summed E-state index contributed by atoms with van der Waals surface area (Å²) in [5.74, 6) is -0.298. The molecule has 6 nitrogen and oxygen atoms in total. The fraction of sp³-hybridized carbons (Fsp3) is 0.742. The monoisotopic (exact) mass is 513 g/mol. The van der Waals surface area contributed by atoms with E-state index in [2.05, 4.69) is 20.8 Å². The lowest BCUT2D eigenvalue weighted by molar-refractivity contribution is -0.199. The molecule has 6 heteroatoms. The van der Waals surface area contributed by atoms with Crippen molar-refractivity contribution in [2.45, 2.75) is 98.7 Å². The lowest BCUT2D eigenvalue weighted by atomic mass is 9.37.